The maximum absolute atomic E-state index is 13.5. The van der Waals surface area contributed by atoms with Crippen molar-refractivity contribution in [3.05, 3.63) is 71.0 Å². The Morgan fingerprint density at radius 3 is 2.53 bits per heavy atom. The summed E-state index contributed by atoms with van der Waals surface area (Å²) in [4.78, 5) is 40.5. The van der Waals surface area contributed by atoms with Crippen LogP contribution in [0, 0.1) is 18.7 Å². The summed E-state index contributed by atoms with van der Waals surface area (Å²) >= 11 is 0. The fourth-order valence-electron chi connectivity index (χ4n) is 4.22. The number of hydrogen-bond acceptors (Lipinski definition) is 4. The van der Waals surface area contributed by atoms with Crippen LogP contribution >= 0.6 is 0 Å². The number of benzene rings is 2. The van der Waals surface area contributed by atoms with Crippen LogP contribution in [0.1, 0.15) is 45.5 Å². The van der Waals surface area contributed by atoms with Crippen molar-refractivity contribution in [1.82, 2.24) is 15.5 Å². The van der Waals surface area contributed by atoms with Crippen LogP contribution in [0.15, 0.2) is 48.5 Å². The average Bonchev–Trinajstić information content (AvgIpc) is 2.85. The highest BCUT2D eigenvalue weighted by molar-refractivity contribution is 5.98. The van der Waals surface area contributed by atoms with E-state index in [1.165, 1.54) is 18.2 Å². The number of amides is 3. The molecule has 1 aliphatic heterocycles. The van der Waals surface area contributed by atoms with Crippen molar-refractivity contribution in [2.75, 3.05) is 33.4 Å². The van der Waals surface area contributed by atoms with E-state index >= 15 is 0 Å². The monoisotopic (exact) mass is 469 g/mol. The molecule has 182 valence electrons. The molecule has 2 N–H and O–H groups in total. The third-order valence-electron chi connectivity index (χ3n) is 6.15. The number of methoxy groups -OCH3 is 1. The number of nitrogens with one attached hydrogen (secondary N) is 2. The number of aryl methyl sites for hydroxylation is 1. The Bertz CT molecular complexity index is 1010. The average molecular weight is 470 g/mol. The van der Waals surface area contributed by atoms with Gasteiger partial charge in [-0.15, -0.1) is 0 Å². The first kappa shape index (κ1) is 25.4. The van der Waals surface area contributed by atoms with E-state index in [2.05, 4.69) is 10.6 Å². The molecule has 1 saturated heterocycles. The molecule has 0 radical (unpaired) electrons. The van der Waals surface area contributed by atoms with Gasteiger partial charge in [-0.25, -0.2) is 4.39 Å². The Morgan fingerprint density at radius 2 is 1.85 bits per heavy atom. The Labute approximate surface area is 199 Å². The van der Waals surface area contributed by atoms with Crippen LogP contribution in [0.5, 0.6) is 0 Å². The molecular weight excluding hydrogens is 437 g/mol. The van der Waals surface area contributed by atoms with E-state index in [-0.39, 0.29) is 23.6 Å². The van der Waals surface area contributed by atoms with Crippen molar-refractivity contribution in [2.45, 2.75) is 32.2 Å². The number of carbonyl (C=O) groups is 3. The molecule has 3 amide bonds. The van der Waals surface area contributed by atoms with Crippen LogP contribution in [0.3, 0.4) is 0 Å². The van der Waals surface area contributed by atoms with Crippen molar-refractivity contribution >= 4 is 17.7 Å². The lowest BCUT2D eigenvalue weighted by Gasteiger charge is -2.36. The molecule has 34 heavy (non-hydrogen) atoms. The number of carbonyl (C=O) groups excluding carboxylic acids is 3. The molecule has 1 fully saturated rings. The molecule has 7 nitrogen and oxygen atoms in total. The minimum absolute atomic E-state index is 0.132. The van der Waals surface area contributed by atoms with Gasteiger partial charge in [0, 0.05) is 44.5 Å². The van der Waals surface area contributed by atoms with E-state index in [1.54, 1.807) is 30.2 Å². The quantitative estimate of drug-likeness (QED) is 0.553. The SMILES string of the molecule is COCCCNC(=O)C(NC(=O)c1ccccc1C)C1CCN(C(=O)c2cccc(F)c2)CC1. The third kappa shape index (κ3) is 6.63. The summed E-state index contributed by atoms with van der Waals surface area (Å²) in [5.74, 6) is -1.36. The maximum atomic E-state index is 13.5. The lowest BCUT2D eigenvalue weighted by Crippen LogP contribution is -2.54. The Morgan fingerprint density at radius 1 is 1.12 bits per heavy atom. The third-order valence-corrected chi connectivity index (χ3v) is 6.15. The highest BCUT2D eigenvalue weighted by Crippen LogP contribution is 2.23. The number of rotatable bonds is 9. The zero-order valence-electron chi connectivity index (χ0n) is 19.7. The number of halogens is 1. The highest BCUT2D eigenvalue weighted by atomic mass is 19.1. The van der Waals surface area contributed by atoms with Crippen molar-refractivity contribution in [3.8, 4) is 0 Å². The van der Waals surface area contributed by atoms with Gasteiger partial charge in [-0.2, -0.15) is 0 Å². The smallest absolute Gasteiger partial charge is 0.253 e. The minimum Gasteiger partial charge on any atom is -0.385 e. The van der Waals surface area contributed by atoms with Crippen LogP contribution in [0.4, 0.5) is 4.39 Å². The van der Waals surface area contributed by atoms with Gasteiger partial charge in [-0.1, -0.05) is 24.3 Å². The molecule has 3 rings (SSSR count). The van der Waals surface area contributed by atoms with Gasteiger partial charge >= 0.3 is 0 Å². The van der Waals surface area contributed by atoms with Crippen molar-refractivity contribution in [2.24, 2.45) is 5.92 Å². The Balaban J connectivity index is 1.68. The number of hydrogen-bond donors (Lipinski definition) is 2. The van der Waals surface area contributed by atoms with Gasteiger partial charge in [0.1, 0.15) is 11.9 Å². The van der Waals surface area contributed by atoms with E-state index in [4.69, 9.17) is 4.74 Å². The molecule has 2 aromatic rings. The summed E-state index contributed by atoms with van der Waals surface area (Å²) in [7, 11) is 1.60. The van der Waals surface area contributed by atoms with Crippen molar-refractivity contribution in [3.63, 3.8) is 0 Å². The van der Waals surface area contributed by atoms with Gasteiger partial charge in [0.2, 0.25) is 5.91 Å². The van der Waals surface area contributed by atoms with E-state index in [0.717, 1.165) is 5.56 Å². The molecule has 1 atom stereocenters. The van der Waals surface area contributed by atoms with Crippen LogP contribution < -0.4 is 10.6 Å². The van der Waals surface area contributed by atoms with Gasteiger partial charge in [0.25, 0.3) is 11.8 Å². The second-order valence-corrected chi connectivity index (χ2v) is 8.54. The van der Waals surface area contributed by atoms with Crippen LogP contribution in [-0.2, 0) is 9.53 Å². The summed E-state index contributed by atoms with van der Waals surface area (Å²) in [5.41, 5.74) is 1.66. The Kier molecular flexibility index (Phi) is 9.16. The van der Waals surface area contributed by atoms with Crippen LogP contribution in [0.2, 0.25) is 0 Å². The van der Waals surface area contributed by atoms with Gasteiger partial charge in [0.05, 0.1) is 0 Å². The normalized spacial score (nSPS) is 15.0. The first-order valence-corrected chi connectivity index (χ1v) is 11.6. The summed E-state index contributed by atoms with van der Waals surface area (Å²) in [6, 6.07) is 12.2. The van der Waals surface area contributed by atoms with Gasteiger partial charge in [-0.3, -0.25) is 14.4 Å². The summed E-state index contributed by atoms with van der Waals surface area (Å²) in [6.07, 6.45) is 1.76. The largest absolute Gasteiger partial charge is 0.385 e. The van der Waals surface area contributed by atoms with Gasteiger partial charge in [-0.05, 0) is 61.9 Å². The number of likely N-dealkylation sites (tertiary alicyclic amines) is 1. The van der Waals surface area contributed by atoms with Gasteiger partial charge in [0.15, 0.2) is 0 Å². The zero-order valence-corrected chi connectivity index (χ0v) is 19.7. The molecule has 0 aromatic heterocycles. The lowest BCUT2D eigenvalue weighted by molar-refractivity contribution is -0.124. The summed E-state index contributed by atoms with van der Waals surface area (Å²) in [6.45, 7) is 3.67. The van der Waals surface area contributed by atoms with Crippen molar-refractivity contribution < 1.29 is 23.5 Å². The van der Waals surface area contributed by atoms with E-state index in [1.807, 2.05) is 19.1 Å². The summed E-state index contributed by atoms with van der Waals surface area (Å²) < 4.78 is 18.6. The molecule has 1 unspecified atom stereocenters. The maximum Gasteiger partial charge on any atom is 0.253 e. The second kappa shape index (κ2) is 12.3. The molecule has 1 heterocycles. The molecule has 1 aliphatic rings. The predicted molar refractivity (Wildman–Crippen MR) is 127 cm³/mol. The molecule has 0 aliphatic carbocycles. The Hall–Kier alpha value is -3.26. The molecule has 0 saturated carbocycles. The highest BCUT2D eigenvalue weighted by Gasteiger charge is 2.34. The topological polar surface area (TPSA) is 87.7 Å². The second-order valence-electron chi connectivity index (χ2n) is 8.54. The minimum atomic E-state index is -0.721. The van der Waals surface area contributed by atoms with Gasteiger partial charge < -0.3 is 20.3 Å². The first-order valence-electron chi connectivity index (χ1n) is 11.6. The van der Waals surface area contributed by atoms with Crippen LogP contribution in [-0.4, -0.2) is 62.0 Å². The molecule has 8 heteroatoms. The van der Waals surface area contributed by atoms with Crippen molar-refractivity contribution in [1.29, 1.82) is 0 Å². The van der Waals surface area contributed by atoms with E-state index in [0.29, 0.717) is 56.6 Å². The molecule has 2 aromatic carbocycles. The first-order chi connectivity index (χ1) is 16.4. The van der Waals surface area contributed by atoms with E-state index < -0.39 is 11.9 Å². The number of ether oxygens (including phenoxy) is 1. The standard InChI is InChI=1S/C26H32FN3O4/c1-18-7-3-4-10-22(18)24(31)29-23(25(32)28-13-6-16-34-2)19-11-14-30(15-12-19)26(33)20-8-5-9-21(27)17-20/h3-5,7-10,17,19,23H,6,11-16H2,1-2H3,(H,28,32)(H,29,31). The lowest BCUT2D eigenvalue weighted by atomic mass is 9.88. The number of nitrogens with zero attached hydrogens (tertiary/aromatic N) is 1. The summed E-state index contributed by atoms with van der Waals surface area (Å²) in [5, 5.41) is 5.83. The molecule has 0 bridgehead atoms. The fraction of sp³-hybridized carbons (Fsp3) is 0.423. The van der Waals surface area contributed by atoms with Crippen LogP contribution in [0.25, 0.3) is 0 Å². The number of piperidine rings is 1. The molecule has 0 spiro atoms. The van der Waals surface area contributed by atoms with E-state index in [9.17, 15) is 18.8 Å². The fourth-order valence-corrected chi connectivity index (χ4v) is 4.22. The predicted octanol–water partition coefficient (Wildman–Crippen LogP) is 2.94. The zero-order chi connectivity index (χ0) is 24.5. The molecular formula is C26H32FN3O4.